The van der Waals surface area contributed by atoms with Gasteiger partial charge >= 0.3 is 7.12 Å². The standard InChI is InChI=1S/C18H26BNO4/c1-18(2)12-8-14(18)16-15(9-12)23-19(24-16)10-13-7-11(5-6-20-13)17(21-3)22-4/h5-7,12,14-17H,8-10H2,1-4H3/t12-,14+,15?,16?/m1/s1. The van der Waals surface area contributed by atoms with Crippen LogP contribution in [0.25, 0.3) is 0 Å². The van der Waals surface area contributed by atoms with Gasteiger partial charge in [-0.1, -0.05) is 13.8 Å². The lowest BCUT2D eigenvalue weighted by Crippen LogP contribution is -2.59. The first-order valence-corrected chi connectivity index (χ1v) is 8.84. The summed E-state index contributed by atoms with van der Waals surface area (Å²) < 4.78 is 23.1. The molecule has 0 amide bonds. The third-order valence-corrected chi connectivity index (χ3v) is 6.38. The molecule has 0 spiro atoms. The topological polar surface area (TPSA) is 49.8 Å². The quantitative estimate of drug-likeness (QED) is 0.613. The van der Waals surface area contributed by atoms with E-state index in [4.69, 9.17) is 18.8 Å². The Morgan fingerprint density at radius 1 is 1.29 bits per heavy atom. The molecule has 0 aromatic carbocycles. The first-order valence-electron chi connectivity index (χ1n) is 8.84. The van der Waals surface area contributed by atoms with Crippen molar-refractivity contribution < 1.29 is 18.8 Å². The van der Waals surface area contributed by atoms with Gasteiger partial charge in [0.15, 0.2) is 6.29 Å². The van der Waals surface area contributed by atoms with Crippen LogP contribution in [0.15, 0.2) is 18.3 Å². The molecule has 2 heterocycles. The van der Waals surface area contributed by atoms with E-state index >= 15 is 0 Å². The second-order valence-electron chi connectivity index (χ2n) is 7.89. The fourth-order valence-corrected chi connectivity index (χ4v) is 4.80. The SMILES string of the molecule is COC(OC)c1ccnc(CB2OC3C[C@H]4C[C@@H](C3O2)C4(C)C)c1. The highest BCUT2D eigenvalue weighted by Gasteiger charge is 2.61. The van der Waals surface area contributed by atoms with Crippen molar-refractivity contribution >= 4 is 7.12 Å². The average molecular weight is 331 g/mol. The Morgan fingerprint density at radius 3 is 2.79 bits per heavy atom. The largest absolute Gasteiger partial charge is 0.463 e. The van der Waals surface area contributed by atoms with Crippen LogP contribution in [0.3, 0.4) is 0 Å². The lowest BCUT2D eigenvalue weighted by atomic mass is 9.47. The molecular formula is C18H26BNO4. The van der Waals surface area contributed by atoms with Crippen molar-refractivity contribution in [1.82, 2.24) is 4.98 Å². The van der Waals surface area contributed by atoms with E-state index in [0.717, 1.165) is 23.6 Å². The predicted molar refractivity (Wildman–Crippen MR) is 90.2 cm³/mol. The Morgan fingerprint density at radius 2 is 2.08 bits per heavy atom. The molecule has 1 aliphatic heterocycles. The molecule has 5 rings (SSSR count). The van der Waals surface area contributed by atoms with Crippen molar-refractivity contribution in [3.63, 3.8) is 0 Å². The average Bonchev–Trinajstić information content (AvgIpc) is 2.98. The molecule has 0 N–H and O–H groups in total. The zero-order valence-corrected chi connectivity index (χ0v) is 14.9. The van der Waals surface area contributed by atoms with Gasteiger partial charge in [-0.2, -0.15) is 0 Å². The summed E-state index contributed by atoms with van der Waals surface area (Å²) in [6.45, 7) is 4.75. The van der Waals surface area contributed by atoms with Gasteiger partial charge in [-0.05, 0) is 42.2 Å². The van der Waals surface area contributed by atoms with Crippen LogP contribution in [0, 0.1) is 17.3 Å². The van der Waals surface area contributed by atoms with E-state index in [1.165, 1.54) is 6.42 Å². The van der Waals surface area contributed by atoms with Gasteiger partial charge in [-0.3, -0.25) is 4.98 Å². The van der Waals surface area contributed by atoms with Crippen molar-refractivity contribution in [2.24, 2.45) is 17.3 Å². The molecule has 130 valence electrons. The number of nitrogens with zero attached hydrogens (tertiary/aromatic N) is 1. The number of methoxy groups -OCH3 is 2. The van der Waals surface area contributed by atoms with Gasteiger partial charge in [0.2, 0.25) is 0 Å². The van der Waals surface area contributed by atoms with Crippen molar-refractivity contribution in [3.05, 3.63) is 29.6 Å². The predicted octanol–water partition coefficient (Wildman–Crippen LogP) is 2.79. The number of ether oxygens (including phenoxy) is 2. The summed E-state index contributed by atoms with van der Waals surface area (Å²) in [5.41, 5.74) is 2.31. The van der Waals surface area contributed by atoms with Crippen molar-refractivity contribution in [2.45, 2.75) is 51.5 Å². The zero-order valence-electron chi connectivity index (χ0n) is 14.9. The summed E-state index contributed by atoms with van der Waals surface area (Å²) in [7, 11) is 3.08. The van der Waals surface area contributed by atoms with Gasteiger partial charge in [0.25, 0.3) is 0 Å². The molecule has 24 heavy (non-hydrogen) atoms. The van der Waals surface area contributed by atoms with E-state index in [0.29, 0.717) is 17.7 Å². The second-order valence-corrected chi connectivity index (χ2v) is 7.89. The molecule has 1 saturated heterocycles. The summed E-state index contributed by atoms with van der Waals surface area (Å²) in [6.07, 6.45) is 5.03. The van der Waals surface area contributed by atoms with E-state index < -0.39 is 0 Å². The monoisotopic (exact) mass is 331 g/mol. The molecule has 3 aliphatic carbocycles. The summed E-state index contributed by atoms with van der Waals surface area (Å²) in [5.74, 6) is 1.42. The summed E-state index contributed by atoms with van der Waals surface area (Å²) >= 11 is 0. The van der Waals surface area contributed by atoms with Gasteiger partial charge in [0, 0.05) is 38.0 Å². The highest BCUT2D eigenvalue weighted by atomic mass is 16.7. The van der Waals surface area contributed by atoms with Gasteiger partial charge in [-0.25, -0.2) is 0 Å². The van der Waals surface area contributed by atoms with Gasteiger partial charge in [-0.15, -0.1) is 0 Å². The van der Waals surface area contributed by atoms with Crippen LogP contribution in [0.5, 0.6) is 0 Å². The molecular weight excluding hydrogens is 305 g/mol. The maximum absolute atomic E-state index is 6.28. The Labute approximate surface area is 144 Å². The number of rotatable bonds is 5. The minimum Gasteiger partial charge on any atom is -0.405 e. The van der Waals surface area contributed by atoms with Crippen LogP contribution in [0.4, 0.5) is 0 Å². The van der Waals surface area contributed by atoms with Crippen molar-refractivity contribution in [3.8, 4) is 0 Å². The van der Waals surface area contributed by atoms with E-state index in [9.17, 15) is 0 Å². The van der Waals surface area contributed by atoms with E-state index in [-0.39, 0.29) is 25.6 Å². The minimum atomic E-state index is -0.368. The third kappa shape index (κ3) is 2.60. The van der Waals surface area contributed by atoms with Gasteiger partial charge < -0.3 is 18.8 Å². The number of aromatic nitrogens is 1. The van der Waals surface area contributed by atoms with Crippen molar-refractivity contribution in [2.75, 3.05) is 14.2 Å². The summed E-state index contributed by atoms with van der Waals surface area (Å²) in [6, 6.07) is 3.92. The van der Waals surface area contributed by atoms with Crippen LogP contribution < -0.4 is 0 Å². The fourth-order valence-electron chi connectivity index (χ4n) is 4.80. The van der Waals surface area contributed by atoms with E-state index in [1.807, 2.05) is 12.1 Å². The third-order valence-electron chi connectivity index (χ3n) is 6.38. The smallest absolute Gasteiger partial charge is 0.405 e. The maximum Gasteiger partial charge on any atom is 0.463 e. The number of hydrogen-bond donors (Lipinski definition) is 0. The molecule has 5 nitrogen and oxygen atoms in total. The Hall–Kier alpha value is -0.945. The van der Waals surface area contributed by atoms with Crippen LogP contribution in [0.1, 0.15) is 44.2 Å². The first kappa shape index (κ1) is 16.5. The highest BCUT2D eigenvalue weighted by Crippen LogP contribution is 2.61. The first-order chi connectivity index (χ1) is 11.5. The van der Waals surface area contributed by atoms with Gasteiger partial charge in [0.1, 0.15) is 0 Å². The maximum atomic E-state index is 6.28. The molecule has 4 aliphatic rings. The fraction of sp³-hybridized carbons (Fsp3) is 0.722. The van der Waals surface area contributed by atoms with E-state index in [1.54, 1.807) is 20.4 Å². The molecule has 3 saturated carbocycles. The molecule has 2 unspecified atom stereocenters. The highest BCUT2D eigenvalue weighted by molar-refractivity contribution is 6.44. The minimum absolute atomic E-state index is 0.193. The Kier molecular flexibility index (Phi) is 4.19. The van der Waals surface area contributed by atoms with E-state index in [2.05, 4.69) is 18.8 Å². The molecule has 1 aromatic heterocycles. The van der Waals surface area contributed by atoms with Crippen LogP contribution in [-0.2, 0) is 25.1 Å². The second kappa shape index (κ2) is 6.09. The lowest BCUT2D eigenvalue weighted by molar-refractivity contribution is -0.150. The summed E-state index contributed by atoms with van der Waals surface area (Å²) in [4.78, 5) is 4.46. The summed E-state index contributed by atoms with van der Waals surface area (Å²) in [5, 5.41) is 0. The van der Waals surface area contributed by atoms with Crippen LogP contribution in [-0.4, -0.2) is 38.5 Å². The zero-order chi connectivity index (χ0) is 16.9. The molecule has 4 atom stereocenters. The van der Waals surface area contributed by atoms with Crippen LogP contribution >= 0.6 is 0 Å². The molecule has 4 fully saturated rings. The Bertz CT molecular complexity index is 606. The number of hydrogen-bond acceptors (Lipinski definition) is 5. The number of pyridine rings is 1. The van der Waals surface area contributed by atoms with Crippen molar-refractivity contribution in [1.29, 1.82) is 0 Å². The van der Waals surface area contributed by atoms with Crippen LogP contribution in [0.2, 0.25) is 0 Å². The Balaban J connectivity index is 1.43. The lowest BCUT2D eigenvalue weighted by Gasteiger charge is -2.60. The molecule has 0 radical (unpaired) electrons. The molecule has 1 aromatic rings. The molecule has 2 bridgehead atoms. The normalized spacial score (nSPS) is 33.5. The van der Waals surface area contributed by atoms with Gasteiger partial charge in [0.05, 0.1) is 12.2 Å². The molecule has 6 heteroatoms.